The molecule has 0 bridgehead atoms. The van der Waals surface area contributed by atoms with E-state index in [2.05, 4.69) is 25.4 Å². The van der Waals surface area contributed by atoms with Crippen molar-refractivity contribution in [3.63, 3.8) is 0 Å². The first-order valence-electron chi connectivity index (χ1n) is 10.8. The van der Waals surface area contributed by atoms with Crippen molar-refractivity contribution >= 4 is 11.8 Å². The van der Waals surface area contributed by atoms with Gasteiger partial charge in [-0.2, -0.15) is 0 Å². The van der Waals surface area contributed by atoms with Crippen LogP contribution in [0.15, 0.2) is 18.2 Å². The summed E-state index contributed by atoms with van der Waals surface area (Å²) in [4.78, 5) is 24.3. The maximum Gasteiger partial charge on any atom is 0.258 e. The van der Waals surface area contributed by atoms with E-state index in [0.717, 1.165) is 37.5 Å². The number of amides is 2. The van der Waals surface area contributed by atoms with Gasteiger partial charge in [0.15, 0.2) is 18.1 Å². The van der Waals surface area contributed by atoms with Gasteiger partial charge in [0.25, 0.3) is 11.8 Å². The number of carbonyl (C=O) groups excluding carboxylic acids is 2. The molecule has 1 aliphatic rings. The van der Waals surface area contributed by atoms with Gasteiger partial charge in [-0.1, -0.05) is 6.42 Å². The van der Waals surface area contributed by atoms with Gasteiger partial charge in [0.05, 0.1) is 7.11 Å². The van der Waals surface area contributed by atoms with Crippen LogP contribution in [0, 0.1) is 0 Å². The SMILES string of the molecule is COc1cc(C(=O)NCCc2nnc3n2CCCCC3)ccc1OCC(=O)NC(C)C. The van der Waals surface area contributed by atoms with E-state index in [-0.39, 0.29) is 24.5 Å². The molecule has 31 heavy (non-hydrogen) atoms. The summed E-state index contributed by atoms with van der Waals surface area (Å²) in [6.07, 6.45) is 5.09. The first-order chi connectivity index (χ1) is 15.0. The fourth-order valence-electron chi connectivity index (χ4n) is 3.56. The monoisotopic (exact) mass is 429 g/mol. The molecule has 0 saturated heterocycles. The lowest BCUT2D eigenvalue weighted by atomic mass is 10.2. The highest BCUT2D eigenvalue weighted by Crippen LogP contribution is 2.28. The van der Waals surface area contributed by atoms with E-state index >= 15 is 0 Å². The van der Waals surface area contributed by atoms with Crippen LogP contribution in [-0.4, -0.2) is 52.9 Å². The molecule has 168 valence electrons. The van der Waals surface area contributed by atoms with Gasteiger partial charge in [0.1, 0.15) is 11.6 Å². The van der Waals surface area contributed by atoms with Crippen molar-refractivity contribution in [2.75, 3.05) is 20.3 Å². The van der Waals surface area contributed by atoms with E-state index in [0.29, 0.717) is 30.0 Å². The summed E-state index contributed by atoms with van der Waals surface area (Å²) in [5, 5.41) is 14.3. The van der Waals surface area contributed by atoms with Gasteiger partial charge in [-0.25, -0.2) is 0 Å². The minimum Gasteiger partial charge on any atom is -0.493 e. The first kappa shape index (κ1) is 22.6. The van der Waals surface area contributed by atoms with Crippen molar-refractivity contribution in [1.29, 1.82) is 0 Å². The van der Waals surface area contributed by atoms with Crippen molar-refractivity contribution in [2.45, 2.75) is 58.5 Å². The number of methoxy groups -OCH3 is 1. The predicted octanol–water partition coefficient (Wildman–Crippen LogP) is 1.89. The third-order valence-corrected chi connectivity index (χ3v) is 5.05. The number of fused-ring (bicyclic) bond motifs is 1. The van der Waals surface area contributed by atoms with E-state index < -0.39 is 0 Å². The van der Waals surface area contributed by atoms with E-state index in [1.807, 2.05) is 13.8 Å². The Balaban J connectivity index is 1.54. The maximum absolute atomic E-state index is 12.6. The average Bonchev–Trinajstić information content (AvgIpc) is 2.97. The van der Waals surface area contributed by atoms with Gasteiger partial charge in [-0.05, 0) is 44.9 Å². The van der Waals surface area contributed by atoms with Crippen molar-refractivity contribution in [3.8, 4) is 11.5 Å². The van der Waals surface area contributed by atoms with Crippen LogP contribution in [0.3, 0.4) is 0 Å². The van der Waals surface area contributed by atoms with Crippen LogP contribution in [0.5, 0.6) is 11.5 Å². The van der Waals surface area contributed by atoms with Crippen LogP contribution >= 0.6 is 0 Å². The van der Waals surface area contributed by atoms with E-state index in [4.69, 9.17) is 9.47 Å². The van der Waals surface area contributed by atoms with Crippen LogP contribution in [0.4, 0.5) is 0 Å². The minimum absolute atomic E-state index is 0.0387. The molecule has 2 N–H and O–H groups in total. The zero-order valence-electron chi connectivity index (χ0n) is 18.4. The van der Waals surface area contributed by atoms with E-state index in [9.17, 15) is 9.59 Å². The summed E-state index contributed by atoms with van der Waals surface area (Å²) >= 11 is 0. The fraction of sp³-hybridized carbons (Fsp3) is 0.545. The molecule has 9 heteroatoms. The number of benzene rings is 1. The highest BCUT2D eigenvalue weighted by atomic mass is 16.5. The van der Waals surface area contributed by atoms with Crippen LogP contribution in [-0.2, 0) is 24.2 Å². The fourth-order valence-corrected chi connectivity index (χ4v) is 3.56. The molecule has 0 fully saturated rings. The predicted molar refractivity (Wildman–Crippen MR) is 115 cm³/mol. The summed E-state index contributed by atoms with van der Waals surface area (Å²) in [6, 6.07) is 4.93. The summed E-state index contributed by atoms with van der Waals surface area (Å²) in [5.74, 6) is 2.33. The Labute approximate surface area is 182 Å². The smallest absolute Gasteiger partial charge is 0.258 e. The van der Waals surface area contributed by atoms with Crippen molar-refractivity contribution < 1.29 is 19.1 Å². The normalized spacial score (nSPS) is 13.3. The number of nitrogens with zero attached hydrogens (tertiary/aromatic N) is 3. The Kier molecular flexibility index (Phi) is 7.86. The summed E-state index contributed by atoms with van der Waals surface area (Å²) in [5.41, 5.74) is 0.455. The number of aryl methyl sites for hydroxylation is 1. The molecule has 1 aliphatic heterocycles. The van der Waals surface area contributed by atoms with Crippen LogP contribution < -0.4 is 20.1 Å². The Morgan fingerprint density at radius 1 is 1.16 bits per heavy atom. The molecule has 2 amide bonds. The van der Waals surface area contributed by atoms with E-state index in [1.165, 1.54) is 13.5 Å². The second kappa shape index (κ2) is 10.8. The molecule has 0 atom stereocenters. The third-order valence-electron chi connectivity index (χ3n) is 5.05. The zero-order chi connectivity index (χ0) is 22.2. The van der Waals surface area contributed by atoms with Gasteiger partial charge < -0.3 is 24.7 Å². The largest absolute Gasteiger partial charge is 0.493 e. The van der Waals surface area contributed by atoms with Gasteiger partial charge in [0.2, 0.25) is 0 Å². The molecule has 3 rings (SSSR count). The number of hydrogen-bond donors (Lipinski definition) is 2. The van der Waals surface area contributed by atoms with Crippen LogP contribution in [0.2, 0.25) is 0 Å². The summed E-state index contributed by atoms with van der Waals surface area (Å²) in [6.45, 7) is 5.05. The lowest BCUT2D eigenvalue weighted by molar-refractivity contribution is -0.123. The average molecular weight is 430 g/mol. The topological polar surface area (TPSA) is 107 Å². The Morgan fingerprint density at radius 2 is 2.00 bits per heavy atom. The van der Waals surface area contributed by atoms with E-state index in [1.54, 1.807) is 18.2 Å². The molecule has 2 aromatic rings. The summed E-state index contributed by atoms with van der Waals surface area (Å²) < 4.78 is 13.0. The Morgan fingerprint density at radius 3 is 2.77 bits per heavy atom. The van der Waals surface area contributed by atoms with Gasteiger partial charge in [-0.15, -0.1) is 10.2 Å². The van der Waals surface area contributed by atoms with Gasteiger partial charge in [-0.3, -0.25) is 9.59 Å². The molecular weight excluding hydrogens is 398 g/mol. The van der Waals surface area contributed by atoms with Gasteiger partial charge >= 0.3 is 0 Å². The minimum atomic E-state index is -0.217. The molecule has 0 unspecified atom stereocenters. The maximum atomic E-state index is 12.6. The number of rotatable bonds is 9. The zero-order valence-corrected chi connectivity index (χ0v) is 18.4. The van der Waals surface area contributed by atoms with Crippen molar-refractivity contribution in [1.82, 2.24) is 25.4 Å². The molecule has 0 radical (unpaired) electrons. The highest BCUT2D eigenvalue weighted by Gasteiger charge is 2.16. The van der Waals surface area contributed by atoms with Gasteiger partial charge in [0, 0.05) is 37.5 Å². The van der Waals surface area contributed by atoms with Crippen LogP contribution in [0.1, 0.15) is 55.1 Å². The first-order valence-corrected chi connectivity index (χ1v) is 10.8. The Bertz CT molecular complexity index is 909. The lowest BCUT2D eigenvalue weighted by Gasteiger charge is -2.13. The highest BCUT2D eigenvalue weighted by molar-refractivity contribution is 5.94. The molecular formula is C22H31N5O4. The number of carbonyl (C=O) groups is 2. The van der Waals surface area contributed by atoms with Crippen molar-refractivity contribution in [3.05, 3.63) is 35.4 Å². The molecule has 2 heterocycles. The molecule has 0 saturated carbocycles. The second-order valence-electron chi connectivity index (χ2n) is 7.88. The summed E-state index contributed by atoms with van der Waals surface area (Å²) in [7, 11) is 1.50. The second-order valence-corrected chi connectivity index (χ2v) is 7.88. The lowest BCUT2D eigenvalue weighted by Crippen LogP contribution is -2.34. The molecule has 0 spiro atoms. The Hall–Kier alpha value is -3.10. The molecule has 9 nitrogen and oxygen atoms in total. The number of hydrogen-bond acceptors (Lipinski definition) is 6. The standard InChI is InChI=1S/C22H31N5O4/c1-15(2)24-21(28)14-31-17-9-8-16(13-18(17)30-3)22(29)23-11-10-20-26-25-19-7-5-4-6-12-27(19)20/h8-9,13,15H,4-7,10-12,14H2,1-3H3,(H,23,29)(H,24,28). The molecule has 1 aromatic carbocycles. The van der Waals surface area contributed by atoms with Crippen molar-refractivity contribution in [2.24, 2.45) is 0 Å². The molecule has 0 aliphatic carbocycles. The van der Waals surface area contributed by atoms with Crippen LogP contribution in [0.25, 0.3) is 0 Å². The molecule has 1 aromatic heterocycles. The number of ether oxygens (including phenoxy) is 2. The third kappa shape index (κ3) is 6.19. The number of nitrogens with one attached hydrogen (secondary N) is 2. The quantitative estimate of drug-likeness (QED) is 0.630. The number of aromatic nitrogens is 3.